The van der Waals surface area contributed by atoms with E-state index in [9.17, 15) is 13.6 Å². The number of amides is 1. The zero-order valence-corrected chi connectivity index (χ0v) is 11.8. The fraction of sp³-hybridized carbons (Fsp3) is 0.176. The molecule has 2 N–H and O–H groups in total. The predicted octanol–water partition coefficient (Wildman–Crippen LogP) is 2.63. The molecule has 2 aromatic rings. The first-order chi connectivity index (χ1) is 10.4. The number of hydrogen-bond donors (Lipinski definition) is 1. The standard InChI is InChI=1S/C16H13F2N3O.CH4/c1-21-14(22)16(20-15(21)19,10-5-3-2-4-6-10)11-7-12(17)9-13(18)8-11;/h2-9H,1H3,(H2,19,20);1H4. The van der Waals surface area contributed by atoms with Gasteiger partial charge in [0.15, 0.2) is 11.5 Å². The zero-order valence-electron chi connectivity index (χ0n) is 11.8. The Morgan fingerprint density at radius 3 is 2.09 bits per heavy atom. The number of likely N-dealkylation sites (N-methyl/N-ethyl adjacent to an activating group) is 1. The molecule has 120 valence electrons. The Hall–Kier alpha value is -2.76. The van der Waals surface area contributed by atoms with Crippen LogP contribution < -0.4 is 5.73 Å². The monoisotopic (exact) mass is 317 g/mol. The van der Waals surface area contributed by atoms with Crippen molar-refractivity contribution in [2.45, 2.75) is 13.0 Å². The molecule has 0 radical (unpaired) electrons. The third-order valence-electron chi connectivity index (χ3n) is 3.71. The van der Waals surface area contributed by atoms with Gasteiger partial charge in [0.1, 0.15) is 11.6 Å². The zero-order chi connectivity index (χ0) is 15.9. The number of carbonyl (C=O) groups excluding carboxylic acids is 1. The molecule has 1 aliphatic rings. The summed E-state index contributed by atoms with van der Waals surface area (Å²) >= 11 is 0. The molecular weight excluding hydrogens is 300 g/mol. The third kappa shape index (κ3) is 2.46. The van der Waals surface area contributed by atoms with Crippen molar-refractivity contribution in [3.05, 3.63) is 71.3 Å². The quantitative estimate of drug-likeness (QED) is 0.925. The largest absolute Gasteiger partial charge is 0.369 e. The minimum atomic E-state index is -1.57. The van der Waals surface area contributed by atoms with Gasteiger partial charge in [-0.15, -0.1) is 0 Å². The Morgan fingerprint density at radius 2 is 1.61 bits per heavy atom. The summed E-state index contributed by atoms with van der Waals surface area (Å²) < 4.78 is 27.3. The Labute approximate surface area is 133 Å². The van der Waals surface area contributed by atoms with Crippen LogP contribution in [0.25, 0.3) is 0 Å². The van der Waals surface area contributed by atoms with Gasteiger partial charge in [-0.1, -0.05) is 37.8 Å². The van der Waals surface area contributed by atoms with Crippen LogP contribution in [0.5, 0.6) is 0 Å². The van der Waals surface area contributed by atoms with E-state index in [0.29, 0.717) is 5.56 Å². The molecule has 1 atom stereocenters. The fourth-order valence-corrected chi connectivity index (χ4v) is 2.63. The Bertz CT molecular complexity index is 756. The van der Waals surface area contributed by atoms with Crippen molar-refractivity contribution in [2.75, 3.05) is 7.05 Å². The second-order valence-corrected chi connectivity index (χ2v) is 5.07. The van der Waals surface area contributed by atoms with Gasteiger partial charge in [0.25, 0.3) is 5.91 Å². The summed E-state index contributed by atoms with van der Waals surface area (Å²) in [4.78, 5) is 18.2. The summed E-state index contributed by atoms with van der Waals surface area (Å²) in [5.41, 5.74) is 4.80. The van der Waals surface area contributed by atoms with Crippen molar-refractivity contribution in [2.24, 2.45) is 10.7 Å². The minimum Gasteiger partial charge on any atom is -0.369 e. The molecule has 0 saturated carbocycles. The highest BCUT2D eigenvalue weighted by molar-refractivity contribution is 6.08. The smallest absolute Gasteiger partial charge is 0.266 e. The Kier molecular flexibility index (Phi) is 4.18. The van der Waals surface area contributed by atoms with Crippen LogP contribution >= 0.6 is 0 Å². The van der Waals surface area contributed by atoms with Gasteiger partial charge in [0.2, 0.25) is 0 Å². The number of guanidine groups is 1. The van der Waals surface area contributed by atoms with E-state index in [1.54, 1.807) is 30.3 Å². The summed E-state index contributed by atoms with van der Waals surface area (Å²) in [5, 5.41) is 0. The summed E-state index contributed by atoms with van der Waals surface area (Å²) in [6, 6.07) is 11.5. The summed E-state index contributed by atoms with van der Waals surface area (Å²) in [5.74, 6) is -2.01. The molecule has 1 aliphatic heterocycles. The molecule has 4 nitrogen and oxygen atoms in total. The number of hydrogen-bond acceptors (Lipinski definition) is 3. The summed E-state index contributed by atoms with van der Waals surface area (Å²) in [6.07, 6.45) is 0. The number of carbonyl (C=O) groups is 1. The van der Waals surface area contributed by atoms with E-state index in [1.165, 1.54) is 11.9 Å². The highest BCUT2D eigenvalue weighted by atomic mass is 19.1. The molecule has 0 aromatic heterocycles. The van der Waals surface area contributed by atoms with Crippen molar-refractivity contribution in [3.63, 3.8) is 0 Å². The van der Waals surface area contributed by atoms with Gasteiger partial charge in [0, 0.05) is 13.1 Å². The molecule has 3 rings (SSSR count). The first kappa shape index (κ1) is 16.6. The maximum Gasteiger partial charge on any atom is 0.266 e. The van der Waals surface area contributed by atoms with Crippen LogP contribution in [0.2, 0.25) is 0 Å². The van der Waals surface area contributed by atoms with E-state index < -0.39 is 23.1 Å². The molecule has 1 heterocycles. The molecule has 23 heavy (non-hydrogen) atoms. The molecule has 2 aromatic carbocycles. The number of rotatable bonds is 2. The van der Waals surface area contributed by atoms with Gasteiger partial charge in [-0.2, -0.15) is 0 Å². The van der Waals surface area contributed by atoms with E-state index in [-0.39, 0.29) is 18.9 Å². The van der Waals surface area contributed by atoms with Crippen LogP contribution in [0.15, 0.2) is 53.5 Å². The van der Waals surface area contributed by atoms with Crippen molar-refractivity contribution in [1.29, 1.82) is 0 Å². The van der Waals surface area contributed by atoms with Crippen molar-refractivity contribution < 1.29 is 13.6 Å². The second-order valence-electron chi connectivity index (χ2n) is 5.07. The highest BCUT2D eigenvalue weighted by Gasteiger charge is 2.49. The van der Waals surface area contributed by atoms with Gasteiger partial charge in [-0.25, -0.2) is 13.8 Å². The van der Waals surface area contributed by atoms with Gasteiger partial charge in [-0.05, 0) is 23.3 Å². The van der Waals surface area contributed by atoms with Gasteiger partial charge in [-0.3, -0.25) is 9.69 Å². The van der Waals surface area contributed by atoms with Crippen molar-refractivity contribution in [3.8, 4) is 0 Å². The van der Waals surface area contributed by atoms with E-state index in [0.717, 1.165) is 18.2 Å². The van der Waals surface area contributed by atoms with Gasteiger partial charge < -0.3 is 5.73 Å². The van der Waals surface area contributed by atoms with Crippen LogP contribution in [-0.4, -0.2) is 23.8 Å². The average molecular weight is 317 g/mol. The Morgan fingerprint density at radius 1 is 1.04 bits per heavy atom. The number of halogens is 2. The van der Waals surface area contributed by atoms with E-state index in [1.807, 2.05) is 0 Å². The number of benzene rings is 2. The third-order valence-corrected chi connectivity index (χ3v) is 3.71. The molecule has 0 bridgehead atoms. The first-order valence-electron chi connectivity index (χ1n) is 6.61. The minimum absolute atomic E-state index is 0. The van der Waals surface area contributed by atoms with Crippen molar-refractivity contribution in [1.82, 2.24) is 4.90 Å². The molecule has 6 heteroatoms. The summed E-state index contributed by atoms with van der Waals surface area (Å²) in [6.45, 7) is 0. The van der Waals surface area contributed by atoms with E-state index in [4.69, 9.17) is 5.73 Å². The lowest BCUT2D eigenvalue weighted by Gasteiger charge is -2.26. The Balaban J connectivity index is 0.00000192. The van der Waals surface area contributed by atoms with Crippen molar-refractivity contribution >= 4 is 11.9 Å². The summed E-state index contributed by atoms with van der Waals surface area (Å²) in [7, 11) is 1.47. The molecule has 0 fully saturated rings. The van der Waals surface area contributed by atoms with Crippen LogP contribution in [0.3, 0.4) is 0 Å². The number of aliphatic imine (C=N–C) groups is 1. The molecule has 1 unspecified atom stereocenters. The molecular formula is C17H17F2N3O. The normalized spacial score (nSPS) is 20.2. The predicted molar refractivity (Wildman–Crippen MR) is 84.7 cm³/mol. The lowest BCUT2D eigenvalue weighted by Crippen LogP contribution is -2.41. The van der Waals surface area contributed by atoms with Crippen LogP contribution in [0.1, 0.15) is 18.6 Å². The maximum atomic E-state index is 13.6. The number of nitrogens with zero attached hydrogens (tertiary/aromatic N) is 2. The van der Waals surface area contributed by atoms with E-state index >= 15 is 0 Å². The second kappa shape index (κ2) is 5.79. The first-order valence-corrected chi connectivity index (χ1v) is 6.61. The van der Waals surface area contributed by atoms with Gasteiger partial charge in [0.05, 0.1) is 0 Å². The molecule has 0 spiro atoms. The number of nitrogens with two attached hydrogens (primary N) is 1. The lowest BCUT2D eigenvalue weighted by atomic mass is 9.83. The van der Waals surface area contributed by atoms with Gasteiger partial charge >= 0.3 is 0 Å². The SMILES string of the molecule is C.CN1C(=O)C(c2ccccc2)(c2cc(F)cc(F)c2)N=C1N. The maximum absolute atomic E-state index is 13.6. The highest BCUT2D eigenvalue weighted by Crippen LogP contribution is 2.39. The molecule has 0 aliphatic carbocycles. The van der Waals surface area contributed by atoms with Crippen LogP contribution in [0, 0.1) is 11.6 Å². The topological polar surface area (TPSA) is 58.7 Å². The average Bonchev–Trinajstić information content (AvgIpc) is 2.72. The van der Waals surface area contributed by atoms with Crippen LogP contribution in [0.4, 0.5) is 8.78 Å². The molecule has 0 saturated heterocycles. The fourth-order valence-electron chi connectivity index (χ4n) is 2.63. The van der Waals surface area contributed by atoms with E-state index in [2.05, 4.69) is 4.99 Å². The lowest BCUT2D eigenvalue weighted by molar-refractivity contribution is -0.129. The van der Waals surface area contributed by atoms with Crippen LogP contribution in [-0.2, 0) is 10.3 Å². The molecule has 1 amide bonds.